The highest BCUT2D eigenvalue weighted by atomic mass is 35.5. The molecular weight excluding hydrogens is 176 g/mol. The first-order valence-corrected chi connectivity index (χ1v) is 3.66. The Morgan fingerprint density at radius 1 is 1.42 bits per heavy atom. The van der Waals surface area contributed by atoms with Crippen molar-refractivity contribution in [2.24, 2.45) is 16.6 Å². The summed E-state index contributed by atoms with van der Waals surface area (Å²) >= 11 is 5.71. The Kier molecular flexibility index (Phi) is 2.76. The van der Waals surface area contributed by atoms with Crippen LogP contribution in [0.25, 0.3) is 0 Å². The third-order valence-corrected chi connectivity index (χ3v) is 1.37. The zero-order valence-electron chi connectivity index (χ0n) is 6.29. The van der Waals surface area contributed by atoms with Crippen LogP contribution in [0.1, 0.15) is 0 Å². The van der Waals surface area contributed by atoms with Crippen LogP contribution in [0.2, 0.25) is 5.02 Å². The van der Waals surface area contributed by atoms with Crippen molar-refractivity contribution in [2.75, 3.05) is 5.43 Å². The number of nitrogens with two attached hydrogens (primary N) is 2. The van der Waals surface area contributed by atoms with Crippen LogP contribution in [0, 0.1) is 0 Å². The van der Waals surface area contributed by atoms with Gasteiger partial charge in [-0.05, 0) is 18.2 Å². The Labute approximate surface area is 75.2 Å². The van der Waals surface area contributed by atoms with Gasteiger partial charge in [0.15, 0.2) is 0 Å². The van der Waals surface area contributed by atoms with Gasteiger partial charge in [0.1, 0.15) is 0 Å². The van der Waals surface area contributed by atoms with Gasteiger partial charge in [-0.25, -0.2) is 0 Å². The maximum atomic E-state index is 5.71. The molecule has 1 rings (SSSR count). The molecular formula is C7H9ClN4. The first-order chi connectivity index (χ1) is 5.68. The number of anilines is 1. The van der Waals surface area contributed by atoms with Gasteiger partial charge in [-0.15, -0.1) is 5.10 Å². The monoisotopic (exact) mass is 184 g/mol. The van der Waals surface area contributed by atoms with Gasteiger partial charge < -0.3 is 11.5 Å². The molecule has 0 aliphatic heterocycles. The highest BCUT2D eigenvalue weighted by molar-refractivity contribution is 6.30. The summed E-state index contributed by atoms with van der Waals surface area (Å²) in [5, 5.41) is 4.23. The van der Waals surface area contributed by atoms with E-state index in [0.717, 1.165) is 5.69 Å². The minimum Gasteiger partial charge on any atom is -0.369 e. The van der Waals surface area contributed by atoms with Gasteiger partial charge in [0.05, 0.1) is 5.69 Å². The maximum absolute atomic E-state index is 5.71. The number of nitrogens with zero attached hydrogens (tertiary/aromatic N) is 1. The molecule has 0 aliphatic rings. The Morgan fingerprint density at radius 2 is 2.17 bits per heavy atom. The van der Waals surface area contributed by atoms with Crippen molar-refractivity contribution >= 4 is 23.2 Å². The molecule has 5 N–H and O–H groups in total. The lowest BCUT2D eigenvalue weighted by molar-refractivity contribution is 1.29. The summed E-state index contributed by atoms with van der Waals surface area (Å²) in [7, 11) is 0. The molecule has 0 saturated carbocycles. The third-order valence-electron chi connectivity index (χ3n) is 1.14. The number of benzene rings is 1. The number of halogens is 1. The van der Waals surface area contributed by atoms with Crippen molar-refractivity contribution in [2.45, 2.75) is 0 Å². The number of guanidine groups is 1. The van der Waals surface area contributed by atoms with E-state index in [1.54, 1.807) is 24.3 Å². The minimum atomic E-state index is -0.0185. The van der Waals surface area contributed by atoms with Crippen LogP contribution < -0.4 is 16.9 Å². The molecule has 0 spiro atoms. The van der Waals surface area contributed by atoms with E-state index in [0.29, 0.717) is 5.02 Å². The molecule has 64 valence electrons. The van der Waals surface area contributed by atoms with Crippen molar-refractivity contribution in [1.82, 2.24) is 0 Å². The predicted octanol–water partition coefficient (Wildman–Crippen LogP) is 0.940. The van der Waals surface area contributed by atoms with E-state index >= 15 is 0 Å². The molecule has 0 bridgehead atoms. The fourth-order valence-electron chi connectivity index (χ4n) is 0.687. The molecule has 0 aromatic heterocycles. The van der Waals surface area contributed by atoms with Crippen LogP contribution in [-0.4, -0.2) is 5.96 Å². The van der Waals surface area contributed by atoms with Crippen LogP contribution >= 0.6 is 11.6 Å². The molecule has 5 heteroatoms. The quantitative estimate of drug-likeness (QED) is 0.364. The maximum Gasteiger partial charge on any atom is 0.208 e. The first-order valence-electron chi connectivity index (χ1n) is 3.28. The molecule has 0 unspecified atom stereocenters. The Morgan fingerprint density at radius 3 is 2.75 bits per heavy atom. The van der Waals surface area contributed by atoms with Gasteiger partial charge in [0, 0.05) is 5.02 Å². The van der Waals surface area contributed by atoms with Crippen molar-refractivity contribution < 1.29 is 0 Å². The smallest absolute Gasteiger partial charge is 0.208 e. The summed E-state index contributed by atoms with van der Waals surface area (Å²) < 4.78 is 0. The topological polar surface area (TPSA) is 76.4 Å². The van der Waals surface area contributed by atoms with Crippen molar-refractivity contribution in [3.63, 3.8) is 0 Å². The van der Waals surface area contributed by atoms with E-state index in [-0.39, 0.29) is 5.96 Å². The minimum absolute atomic E-state index is 0.0185. The summed E-state index contributed by atoms with van der Waals surface area (Å²) in [6.07, 6.45) is 0. The fraction of sp³-hybridized carbons (Fsp3) is 0. The Balaban J connectivity index is 2.70. The summed E-state index contributed by atoms with van der Waals surface area (Å²) in [5.41, 5.74) is 13.6. The van der Waals surface area contributed by atoms with Crippen molar-refractivity contribution in [1.29, 1.82) is 0 Å². The van der Waals surface area contributed by atoms with E-state index < -0.39 is 0 Å². The average Bonchev–Trinajstić information content (AvgIpc) is 2.01. The number of rotatable bonds is 2. The summed E-state index contributed by atoms with van der Waals surface area (Å²) in [6, 6.07) is 7.08. The molecule has 1 aromatic rings. The highest BCUT2D eigenvalue weighted by Gasteiger charge is 1.90. The van der Waals surface area contributed by atoms with Gasteiger partial charge in [0.25, 0.3) is 0 Å². The van der Waals surface area contributed by atoms with Gasteiger partial charge in [0.2, 0.25) is 5.96 Å². The van der Waals surface area contributed by atoms with Crippen molar-refractivity contribution in [3.05, 3.63) is 29.3 Å². The first kappa shape index (κ1) is 8.67. The summed E-state index contributed by atoms with van der Waals surface area (Å²) in [5.74, 6) is -0.0185. The van der Waals surface area contributed by atoms with Gasteiger partial charge >= 0.3 is 0 Å². The van der Waals surface area contributed by atoms with Gasteiger partial charge in [-0.3, -0.25) is 5.43 Å². The average molecular weight is 185 g/mol. The second kappa shape index (κ2) is 3.82. The van der Waals surface area contributed by atoms with E-state index in [2.05, 4.69) is 10.5 Å². The zero-order valence-corrected chi connectivity index (χ0v) is 7.05. The van der Waals surface area contributed by atoms with Gasteiger partial charge in [-0.1, -0.05) is 17.7 Å². The molecule has 1 aromatic carbocycles. The molecule has 0 radical (unpaired) electrons. The molecule has 4 nitrogen and oxygen atoms in total. The van der Waals surface area contributed by atoms with Crippen molar-refractivity contribution in [3.8, 4) is 0 Å². The molecule has 0 aliphatic carbocycles. The molecule has 0 atom stereocenters. The van der Waals surface area contributed by atoms with Crippen LogP contribution in [0.15, 0.2) is 29.4 Å². The lowest BCUT2D eigenvalue weighted by atomic mass is 10.3. The van der Waals surface area contributed by atoms with E-state index in [1.807, 2.05) is 0 Å². The predicted molar refractivity (Wildman–Crippen MR) is 50.9 cm³/mol. The normalized spacial score (nSPS) is 9.08. The van der Waals surface area contributed by atoms with Crippen LogP contribution in [0.3, 0.4) is 0 Å². The lowest BCUT2D eigenvalue weighted by Crippen LogP contribution is -2.23. The van der Waals surface area contributed by atoms with Gasteiger partial charge in [-0.2, -0.15) is 0 Å². The fourth-order valence-corrected chi connectivity index (χ4v) is 0.877. The largest absolute Gasteiger partial charge is 0.369 e. The Bertz CT molecular complexity index is 293. The molecule has 0 fully saturated rings. The standard InChI is InChI=1S/C7H9ClN4/c8-5-2-1-3-6(4-5)11-12-7(9)10/h1-4,11H,(H4,9,10,12). The molecule has 0 saturated heterocycles. The second-order valence-corrected chi connectivity index (χ2v) is 2.60. The number of hydrazone groups is 1. The zero-order chi connectivity index (χ0) is 8.97. The second-order valence-electron chi connectivity index (χ2n) is 2.16. The number of hydrogen-bond donors (Lipinski definition) is 3. The number of nitrogens with one attached hydrogen (secondary N) is 1. The van der Waals surface area contributed by atoms with E-state index in [4.69, 9.17) is 23.1 Å². The SMILES string of the molecule is NC(N)=NNc1cccc(Cl)c1. The summed E-state index contributed by atoms with van der Waals surface area (Å²) in [6.45, 7) is 0. The molecule has 12 heavy (non-hydrogen) atoms. The highest BCUT2D eigenvalue weighted by Crippen LogP contribution is 2.14. The number of hydrogen-bond acceptors (Lipinski definition) is 2. The van der Waals surface area contributed by atoms with Crippen LogP contribution in [-0.2, 0) is 0 Å². The van der Waals surface area contributed by atoms with E-state index in [1.165, 1.54) is 0 Å². The molecule has 0 amide bonds. The molecule has 0 heterocycles. The lowest BCUT2D eigenvalue weighted by Gasteiger charge is -1.99. The third kappa shape index (κ3) is 2.67. The van der Waals surface area contributed by atoms with Crippen LogP contribution in [0.4, 0.5) is 5.69 Å². The van der Waals surface area contributed by atoms with E-state index in [9.17, 15) is 0 Å². The van der Waals surface area contributed by atoms with Crippen LogP contribution in [0.5, 0.6) is 0 Å². The summed E-state index contributed by atoms with van der Waals surface area (Å²) in [4.78, 5) is 0. The Hall–Kier alpha value is -1.42.